The van der Waals surface area contributed by atoms with E-state index in [1.807, 2.05) is 0 Å². The molecule has 3 nitrogen and oxygen atoms in total. The summed E-state index contributed by atoms with van der Waals surface area (Å²) in [5, 5.41) is 12.0. The van der Waals surface area contributed by atoms with E-state index in [4.69, 9.17) is 5.11 Å². The Morgan fingerprint density at radius 1 is 1.27 bits per heavy atom. The number of nitrogens with one attached hydrogen (secondary N) is 1. The molecular weight excluding hydrogens is 188 g/mol. The standard InChI is InChI=1S/C12H26N2O/c1-13-12-7-6-9-14(11-12)8-4-2-3-5-10-15/h12-13,15H,2-11H2,1H3. The molecule has 3 heteroatoms. The van der Waals surface area contributed by atoms with Crippen LogP contribution in [0.5, 0.6) is 0 Å². The van der Waals surface area contributed by atoms with Gasteiger partial charge in [-0.3, -0.25) is 0 Å². The highest BCUT2D eigenvalue weighted by Crippen LogP contribution is 2.11. The van der Waals surface area contributed by atoms with Gasteiger partial charge in [-0.15, -0.1) is 0 Å². The molecule has 1 heterocycles. The van der Waals surface area contributed by atoms with Crippen LogP contribution in [-0.4, -0.2) is 49.3 Å². The molecule has 1 unspecified atom stereocenters. The van der Waals surface area contributed by atoms with Crippen molar-refractivity contribution in [3.8, 4) is 0 Å². The summed E-state index contributed by atoms with van der Waals surface area (Å²) < 4.78 is 0. The number of aliphatic hydroxyl groups is 1. The Balaban J connectivity index is 2.00. The number of nitrogens with zero attached hydrogens (tertiary/aromatic N) is 1. The van der Waals surface area contributed by atoms with Crippen LogP contribution in [0.1, 0.15) is 38.5 Å². The maximum absolute atomic E-state index is 8.66. The van der Waals surface area contributed by atoms with E-state index < -0.39 is 0 Å². The zero-order chi connectivity index (χ0) is 10.9. The van der Waals surface area contributed by atoms with Crippen molar-refractivity contribution in [3.05, 3.63) is 0 Å². The minimum Gasteiger partial charge on any atom is -0.396 e. The summed E-state index contributed by atoms with van der Waals surface area (Å²) in [7, 11) is 2.06. The highest BCUT2D eigenvalue weighted by molar-refractivity contribution is 4.76. The first-order valence-electron chi connectivity index (χ1n) is 6.37. The van der Waals surface area contributed by atoms with Gasteiger partial charge in [-0.1, -0.05) is 12.8 Å². The zero-order valence-corrected chi connectivity index (χ0v) is 10.0. The van der Waals surface area contributed by atoms with Crippen LogP contribution in [0, 0.1) is 0 Å². The first-order valence-corrected chi connectivity index (χ1v) is 6.37. The van der Waals surface area contributed by atoms with Crippen LogP contribution in [0.4, 0.5) is 0 Å². The first-order chi connectivity index (χ1) is 7.36. The van der Waals surface area contributed by atoms with E-state index in [9.17, 15) is 0 Å². The van der Waals surface area contributed by atoms with Gasteiger partial charge in [0.05, 0.1) is 0 Å². The van der Waals surface area contributed by atoms with Gasteiger partial charge < -0.3 is 15.3 Å². The topological polar surface area (TPSA) is 35.5 Å². The van der Waals surface area contributed by atoms with Crippen LogP contribution in [0.3, 0.4) is 0 Å². The molecule has 0 aromatic heterocycles. The Kier molecular flexibility index (Phi) is 6.98. The summed E-state index contributed by atoms with van der Waals surface area (Å²) in [4.78, 5) is 2.57. The predicted molar refractivity (Wildman–Crippen MR) is 64.1 cm³/mol. The second-order valence-electron chi connectivity index (χ2n) is 4.57. The molecule has 2 N–H and O–H groups in total. The molecule has 1 aliphatic rings. The third-order valence-electron chi connectivity index (χ3n) is 3.30. The summed E-state index contributed by atoms with van der Waals surface area (Å²) in [6, 6.07) is 0.705. The van der Waals surface area contributed by atoms with Gasteiger partial charge in [0.2, 0.25) is 0 Å². The monoisotopic (exact) mass is 214 g/mol. The zero-order valence-electron chi connectivity index (χ0n) is 10.0. The fourth-order valence-electron chi connectivity index (χ4n) is 2.30. The second-order valence-corrected chi connectivity index (χ2v) is 4.57. The van der Waals surface area contributed by atoms with Gasteiger partial charge in [-0.2, -0.15) is 0 Å². The van der Waals surface area contributed by atoms with Crippen molar-refractivity contribution in [2.75, 3.05) is 33.3 Å². The fourth-order valence-corrected chi connectivity index (χ4v) is 2.30. The van der Waals surface area contributed by atoms with Gasteiger partial charge in [-0.25, -0.2) is 0 Å². The van der Waals surface area contributed by atoms with Crippen LogP contribution in [0.2, 0.25) is 0 Å². The molecule has 0 amide bonds. The third-order valence-corrected chi connectivity index (χ3v) is 3.30. The molecule has 0 radical (unpaired) electrons. The lowest BCUT2D eigenvalue weighted by Crippen LogP contribution is -2.44. The van der Waals surface area contributed by atoms with Gasteiger partial charge in [-0.05, 0) is 45.8 Å². The number of aliphatic hydroxyl groups excluding tert-OH is 1. The van der Waals surface area contributed by atoms with Crippen LogP contribution < -0.4 is 5.32 Å². The average Bonchev–Trinajstić information content (AvgIpc) is 2.29. The SMILES string of the molecule is CNC1CCCN(CCCCCCO)C1. The number of likely N-dealkylation sites (N-methyl/N-ethyl adjacent to an activating group) is 1. The van der Waals surface area contributed by atoms with Gasteiger partial charge in [0.1, 0.15) is 0 Å². The van der Waals surface area contributed by atoms with Crippen molar-refractivity contribution in [1.29, 1.82) is 0 Å². The molecule has 0 aromatic carbocycles. The molecule has 15 heavy (non-hydrogen) atoms. The number of piperidine rings is 1. The van der Waals surface area contributed by atoms with E-state index in [1.165, 1.54) is 51.7 Å². The quantitative estimate of drug-likeness (QED) is 0.626. The minimum absolute atomic E-state index is 0.353. The normalized spacial score (nSPS) is 23.2. The van der Waals surface area contributed by atoms with E-state index in [1.54, 1.807) is 0 Å². The Morgan fingerprint density at radius 3 is 2.80 bits per heavy atom. The number of hydrogen-bond donors (Lipinski definition) is 2. The molecule has 1 rings (SSSR count). The number of hydrogen-bond acceptors (Lipinski definition) is 3. The molecule has 1 fully saturated rings. The van der Waals surface area contributed by atoms with Crippen molar-refractivity contribution < 1.29 is 5.11 Å². The predicted octanol–water partition coefficient (Wildman–Crippen LogP) is 1.22. The summed E-state index contributed by atoms with van der Waals surface area (Å²) in [5.74, 6) is 0. The van der Waals surface area contributed by atoms with Crippen molar-refractivity contribution in [3.63, 3.8) is 0 Å². The lowest BCUT2D eigenvalue weighted by molar-refractivity contribution is 0.191. The average molecular weight is 214 g/mol. The molecule has 0 saturated carbocycles. The van der Waals surface area contributed by atoms with Gasteiger partial charge in [0, 0.05) is 19.2 Å². The summed E-state index contributed by atoms with van der Waals surface area (Å²) in [6.45, 7) is 4.09. The molecule has 0 bridgehead atoms. The molecule has 1 aliphatic heterocycles. The van der Waals surface area contributed by atoms with E-state index in [-0.39, 0.29) is 0 Å². The molecular formula is C12H26N2O. The summed E-state index contributed by atoms with van der Waals surface area (Å²) >= 11 is 0. The maximum Gasteiger partial charge on any atom is 0.0431 e. The lowest BCUT2D eigenvalue weighted by atomic mass is 10.1. The molecule has 90 valence electrons. The Bertz CT molecular complexity index is 153. The van der Waals surface area contributed by atoms with E-state index >= 15 is 0 Å². The second kappa shape index (κ2) is 8.08. The van der Waals surface area contributed by atoms with E-state index in [2.05, 4.69) is 17.3 Å². The van der Waals surface area contributed by atoms with Crippen LogP contribution in [-0.2, 0) is 0 Å². The van der Waals surface area contributed by atoms with Crippen molar-refractivity contribution in [2.45, 2.75) is 44.6 Å². The largest absolute Gasteiger partial charge is 0.396 e. The maximum atomic E-state index is 8.66. The van der Waals surface area contributed by atoms with E-state index in [0.717, 1.165) is 6.42 Å². The van der Waals surface area contributed by atoms with Crippen LogP contribution in [0.25, 0.3) is 0 Å². The highest BCUT2D eigenvalue weighted by Gasteiger charge is 2.17. The van der Waals surface area contributed by atoms with Gasteiger partial charge in [0.15, 0.2) is 0 Å². The Labute approximate surface area is 93.9 Å². The molecule has 0 spiro atoms. The molecule has 1 saturated heterocycles. The lowest BCUT2D eigenvalue weighted by Gasteiger charge is -2.32. The summed E-state index contributed by atoms with van der Waals surface area (Å²) in [6.07, 6.45) is 7.37. The van der Waals surface area contributed by atoms with Crippen LogP contribution in [0.15, 0.2) is 0 Å². The third kappa shape index (κ3) is 5.50. The Morgan fingerprint density at radius 2 is 2.07 bits per heavy atom. The molecule has 1 atom stereocenters. The van der Waals surface area contributed by atoms with Crippen molar-refractivity contribution in [2.24, 2.45) is 0 Å². The van der Waals surface area contributed by atoms with E-state index in [0.29, 0.717) is 12.6 Å². The summed E-state index contributed by atoms with van der Waals surface area (Å²) in [5.41, 5.74) is 0. The first kappa shape index (κ1) is 12.9. The van der Waals surface area contributed by atoms with Crippen molar-refractivity contribution in [1.82, 2.24) is 10.2 Å². The smallest absolute Gasteiger partial charge is 0.0431 e. The minimum atomic E-state index is 0.353. The number of rotatable bonds is 7. The Hall–Kier alpha value is -0.120. The van der Waals surface area contributed by atoms with Gasteiger partial charge >= 0.3 is 0 Å². The molecule has 0 aliphatic carbocycles. The highest BCUT2D eigenvalue weighted by atomic mass is 16.2. The molecule has 0 aromatic rings. The van der Waals surface area contributed by atoms with Gasteiger partial charge in [0.25, 0.3) is 0 Å². The number of likely N-dealkylation sites (tertiary alicyclic amines) is 1. The number of unbranched alkanes of at least 4 members (excludes halogenated alkanes) is 3. The van der Waals surface area contributed by atoms with Crippen molar-refractivity contribution >= 4 is 0 Å². The van der Waals surface area contributed by atoms with Crippen LogP contribution >= 0.6 is 0 Å². The fraction of sp³-hybridized carbons (Fsp3) is 1.00.